The molecule has 0 radical (unpaired) electrons. The Balaban J connectivity index is 1.72. The quantitative estimate of drug-likeness (QED) is 0.694. The molecule has 2 fully saturated rings. The van der Waals surface area contributed by atoms with Crippen molar-refractivity contribution in [3.8, 4) is 0 Å². The molecule has 0 bridgehead atoms. The van der Waals surface area contributed by atoms with Crippen LogP contribution in [0.25, 0.3) is 0 Å². The van der Waals surface area contributed by atoms with Crippen molar-refractivity contribution in [2.45, 2.75) is 38.5 Å². The SMILES string of the molecule is NCC1(C(=O)OCC2CCCC2)CC1. The van der Waals surface area contributed by atoms with E-state index in [4.69, 9.17) is 10.5 Å². The van der Waals surface area contributed by atoms with E-state index in [0.29, 0.717) is 19.1 Å². The van der Waals surface area contributed by atoms with Gasteiger partial charge in [0.05, 0.1) is 12.0 Å². The average Bonchev–Trinajstić information content (AvgIpc) is 2.84. The van der Waals surface area contributed by atoms with Crippen molar-refractivity contribution in [2.75, 3.05) is 13.2 Å². The van der Waals surface area contributed by atoms with Gasteiger partial charge in [0.15, 0.2) is 0 Å². The van der Waals surface area contributed by atoms with Crippen LogP contribution >= 0.6 is 0 Å². The minimum Gasteiger partial charge on any atom is -0.465 e. The molecule has 80 valence electrons. The van der Waals surface area contributed by atoms with Crippen LogP contribution in [0.4, 0.5) is 0 Å². The van der Waals surface area contributed by atoms with Gasteiger partial charge in [0, 0.05) is 6.54 Å². The fraction of sp³-hybridized carbons (Fsp3) is 0.909. The van der Waals surface area contributed by atoms with Gasteiger partial charge in [-0.1, -0.05) is 12.8 Å². The predicted molar refractivity (Wildman–Crippen MR) is 53.6 cm³/mol. The molecule has 0 saturated heterocycles. The number of ether oxygens (including phenoxy) is 1. The van der Waals surface area contributed by atoms with Gasteiger partial charge in [0.2, 0.25) is 0 Å². The molecule has 2 aliphatic carbocycles. The molecule has 2 aliphatic rings. The van der Waals surface area contributed by atoms with Crippen molar-refractivity contribution < 1.29 is 9.53 Å². The van der Waals surface area contributed by atoms with Crippen LogP contribution in [0.1, 0.15) is 38.5 Å². The first kappa shape index (κ1) is 9.97. The van der Waals surface area contributed by atoms with E-state index in [-0.39, 0.29) is 11.4 Å². The standard InChI is InChI=1S/C11H19NO2/c12-8-11(5-6-11)10(13)14-7-9-3-1-2-4-9/h9H,1-8,12H2. The Hall–Kier alpha value is -0.570. The fourth-order valence-corrected chi connectivity index (χ4v) is 2.17. The smallest absolute Gasteiger partial charge is 0.313 e. The van der Waals surface area contributed by atoms with Crippen molar-refractivity contribution in [3.63, 3.8) is 0 Å². The highest BCUT2D eigenvalue weighted by molar-refractivity contribution is 5.80. The van der Waals surface area contributed by atoms with Crippen molar-refractivity contribution in [1.82, 2.24) is 0 Å². The van der Waals surface area contributed by atoms with Gasteiger partial charge < -0.3 is 10.5 Å². The minimum absolute atomic E-state index is 0.0492. The summed E-state index contributed by atoms with van der Waals surface area (Å²) >= 11 is 0. The number of carbonyl (C=O) groups is 1. The van der Waals surface area contributed by atoms with Crippen LogP contribution < -0.4 is 5.73 Å². The third-order valence-corrected chi connectivity index (χ3v) is 3.60. The van der Waals surface area contributed by atoms with E-state index in [9.17, 15) is 4.79 Å². The third kappa shape index (κ3) is 1.92. The lowest BCUT2D eigenvalue weighted by Gasteiger charge is -2.14. The summed E-state index contributed by atoms with van der Waals surface area (Å²) < 4.78 is 5.33. The lowest BCUT2D eigenvalue weighted by molar-refractivity contribution is -0.151. The van der Waals surface area contributed by atoms with E-state index in [1.807, 2.05) is 0 Å². The Morgan fingerprint density at radius 1 is 1.36 bits per heavy atom. The summed E-state index contributed by atoms with van der Waals surface area (Å²) in [7, 11) is 0. The highest BCUT2D eigenvalue weighted by atomic mass is 16.5. The summed E-state index contributed by atoms with van der Waals surface area (Å²) in [5, 5.41) is 0. The highest BCUT2D eigenvalue weighted by Crippen LogP contribution is 2.45. The summed E-state index contributed by atoms with van der Waals surface area (Å²) in [6.45, 7) is 1.08. The molecule has 2 saturated carbocycles. The van der Waals surface area contributed by atoms with Crippen molar-refractivity contribution in [1.29, 1.82) is 0 Å². The molecule has 0 unspecified atom stereocenters. The largest absolute Gasteiger partial charge is 0.465 e. The first-order valence-corrected chi connectivity index (χ1v) is 5.64. The zero-order valence-corrected chi connectivity index (χ0v) is 8.63. The lowest BCUT2D eigenvalue weighted by atomic mass is 10.1. The molecule has 3 nitrogen and oxygen atoms in total. The number of rotatable bonds is 4. The Bertz CT molecular complexity index is 217. The highest BCUT2D eigenvalue weighted by Gasteiger charge is 2.50. The second-order valence-corrected chi connectivity index (χ2v) is 4.73. The number of esters is 1. The molecule has 0 amide bonds. The number of nitrogens with two attached hydrogens (primary N) is 1. The average molecular weight is 197 g/mol. The van der Waals surface area contributed by atoms with Gasteiger partial charge in [0.25, 0.3) is 0 Å². The summed E-state index contributed by atoms with van der Waals surface area (Å²) in [6, 6.07) is 0. The minimum atomic E-state index is -0.279. The molecular weight excluding hydrogens is 178 g/mol. The maximum absolute atomic E-state index is 11.6. The summed E-state index contributed by atoms with van der Waals surface area (Å²) in [6.07, 6.45) is 6.89. The summed E-state index contributed by atoms with van der Waals surface area (Å²) in [4.78, 5) is 11.6. The van der Waals surface area contributed by atoms with E-state index in [2.05, 4.69) is 0 Å². The maximum atomic E-state index is 11.6. The molecule has 0 aromatic carbocycles. The topological polar surface area (TPSA) is 52.3 Å². The third-order valence-electron chi connectivity index (χ3n) is 3.60. The van der Waals surface area contributed by atoms with Crippen molar-refractivity contribution in [2.24, 2.45) is 17.1 Å². The normalized spacial score (nSPS) is 24.9. The summed E-state index contributed by atoms with van der Waals surface area (Å²) in [5.41, 5.74) is 5.27. The zero-order valence-electron chi connectivity index (χ0n) is 8.63. The molecule has 0 aliphatic heterocycles. The molecule has 0 aromatic heterocycles. The first-order valence-electron chi connectivity index (χ1n) is 5.64. The first-order chi connectivity index (χ1) is 6.77. The fourth-order valence-electron chi connectivity index (χ4n) is 2.17. The Labute approximate surface area is 85.0 Å². The van der Waals surface area contributed by atoms with Crippen LogP contribution in [0.3, 0.4) is 0 Å². The molecule has 14 heavy (non-hydrogen) atoms. The van der Waals surface area contributed by atoms with Gasteiger partial charge in [-0.15, -0.1) is 0 Å². The van der Waals surface area contributed by atoms with Crippen molar-refractivity contribution in [3.05, 3.63) is 0 Å². The number of carbonyl (C=O) groups excluding carboxylic acids is 1. The van der Waals surface area contributed by atoms with Crippen LogP contribution in [0, 0.1) is 11.3 Å². The van der Waals surface area contributed by atoms with E-state index >= 15 is 0 Å². The van der Waals surface area contributed by atoms with Gasteiger partial charge >= 0.3 is 5.97 Å². The van der Waals surface area contributed by atoms with Crippen molar-refractivity contribution >= 4 is 5.97 Å². The summed E-state index contributed by atoms with van der Waals surface area (Å²) in [5.74, 6) is 0.569. The molecule has 2 rings (SSSR count). The predicted octanol–water partition coefficient (Wildman–Crippen LogP) is 1.46. The lowest BCUT2D eigenvalue weighted by Crippen LogP contribution is -2.28. The number of hydrogen-bond acceptors (Lipinski definition) is 3. The van der Waals surface area contributed by atoms with Crippen LogP contribution in [-0.2, 0) is 9.53 Å². The van der Waals surface area contributed by atoms with Gasteiger partial charge in [-0.25, -0.2) is 0 Å². The van der Waals surface area contributed by atoms with E-state index in [1.165, 1.54) is 25.7 Å². The Kier molecular flexibility index (Phi) is 2.77. The van der Waals surface area contributed by atoms with Crippen LogP contribution in [0.15, 0.2) is 0 Å². The zero-order chi connectivity index (χ0) is 10.0. The van der Waals surface area contributed by atoms with Gasteiger partial charge in [-0.3, -0.25) is 4.79 Å². The Morgan fingerprint density at radius 2 is 2.00 bits per heavy atom. The van der Waals surface area contributed by atoms with Gasteiger partial charge in [0.1, 0.15) is 0 Å². The monoisotopic (exact) mass is 197 g/mol. The molecule has 0 heterocycles. The van der Waals surface area contributed by atoms with E-state index in [0.717, 1.165) is 12.8 Å². The second kappa shape index (κ2) is 3.89. The van der Waals surface area contributed by atoms with Gasteiger partial charge in [-0.2, -0.15) is 0 Å². The number of hydrogen-bond donors (Lipinski definition) is 1. The maximum Gasteiger partial charge on any atom is 0.313 e. The molecular formula is C11H19NO2. The molecule has 3 heteroatoms. The Morgan fingerprint density at radius 3 is 2.50 bits per heavy atom. The molecule has 0 atom stereocenters. The molecule has 0 aromatic rings. The molecule has 2 N–H and O–H groups in total. The van der Waals surface area contributed by atoms with Crippen LogP contribution in [0.5, 0.6) is 0 Å². The van der Waals surface area contributed by atoms with Crippen LogP contribution in [0.2, 0.25) is 0 Å². The van der Waals surface area contributed by atoms with Gasteiger partial charge in [-0.05, 0) is 31.6 Å². The van der Waals surface area contributed by atoms with Crippen LogP contribution in [-0.4, -0.2) is 19.1 Å². The second-order valence-electron chi connectivity index (χ2n) is 4.73. The molecule has 0 spiro atoms. The van der Waals surface area contributed by atoms with E-state index in [1.54, 1.807) is 0 Å². The van der Waals surface area contributed by atoms with E-state index < -0.39 is 0 Å².